The summed E-state index contributed by atoms with van der Waals surface area (Å²) in [6.07, 6.45) is 0. The fourth-order valence-electron chi connectivity index (χ4n) is 1.88. The van der Waals surface area contributed by atoms with Gasteiger partial charge >= 0.3 is 0 Å². The summed E-state index contributed by atoms with van der Waals surface area (Å²) < 4.78 is 52.9. The van der Waals surface area contributed by atoms with Gasteiger partial charge in [0, 0.05) is 14.1 Å². The first-order valence-electron chi connectivity index (χ1n) is 6.83. The molecule has 0 aliphatic carbocycles. The van der Waals surface area contributed by atoms with Gasteiger partial charge in [0.15, 0.2) is 5.15 Å². The van der Waals surface area contributed by atoms with Crippen molar-refractivity contribution in [2.75, 3.05) is 18.8 Å². The van der Waals surface area contributed by atoms with Crippen molar-refractivity contribution in [3.05, 3.63) is 46.2 Å². The minimum Gasteiger partial charge on any atom is -0.279 e. The van der Waals surface area contributed by atoms with Gasteiger partial charge in [0.05, 0.1) is 10.6 Å². The zero-order chi connectivity index (χ0) is 19.0. The Morgan fingerprint density at radius 2 is 1.68 bits per heavy atom. The molecule has 0 aliphatic rings. The van der Waals surface area contributed by atoms with E-state index >= 15 is 0 Å². The van der Waals surface area contributed by atoms with Crippen molar-refractivity contribution in [3.63, 3.8) is 0 Å². The van der Waals surface area contributed by atoms with Crippen LogP contribution >= 0.6 is 23.2 Å². The Morgan fingerprint density at radius 1 is 1.04 bits per heavy atom. The normalized spacial score (nSPS) is 12.4. The Kier molecular flexibility index (Phi) is 5.65. The van der Waals surface area contributed by atoms with E-state index in [-0.39, 0.29) is 25.8 Å². The van der Waals surface area contributed by atoms with Gasteiger partial charge in [0.25, 0.3) is 10.0 Å². The smallest absolute Gasteiger partial charge is 0.264 e. The monoisotopic (exact) mass is 423 g/mol. The van der Waals surface area contributed by atoms with Gasteiger partial charge < -0.3 is 0 Å². The number of aryl methyl sites for hydroxylation is 1. The van der Waals surface area contributed by atoms with Crippen molar-refractivity contribution < 1.29 is 16.8 Å². The van der Waals surface area contributed by atoms with Gasteiger partial charge in [0.1, 0.15) is 10.0 Å². The number of pyridine rings is 1. The fraction of sp³-hybridized carbons (Fsp3) is 0.214. The van der Waals surface area contributed by atoms with Gasteiger partial charge in [0.2, 0.25) is 10.0 Å². The predicted octanol–water partition coefficient (Wildman–Crippen LogP) is 2.75. The molecule has 0 saturated heterocycles. The molecule has 0 spiro atoms. The third-order valence-corrected chi connectivity index (χ3v) is 7.12. The SMILES string of the molecule is Cc1ccc(S(=O)(=O)N(C)C)cc1NS(=O)(=O)c1ccc(Cl)nc1Cl. The fourth-order valence-corrected chi connectivity index (χ4v) is 4.59. The second kappa shape index (κ2) is 7.08. The summed E-state index contributed by atoms with van der Waals surface area (Å²) in [6, 6.07) is 6.67. The predicted molar refractivity (Wildman–Crippen MR) is 97.1 cm³/mol. The second-order valence-corrected chi connectivity index (χ2v) is 9.84. The molecule has 1 heterocycles. The highest BCUT2D eigenvalue weighted by atomic mass is 35.5. The van der Waals surface area contributed by atoms with Crippen LogP contribution in [-0.2, 0) is 20.0 Å². The average Bonchev–Trinajstić information content (AvgIpc) is 2.48. The third-order valence-electron chi connectivity index (χ3n) is 3.30. The quantitative estimate of drug-likeness (QED) is 0.745. The van der Waals surface area contributed by atoms with Crippen LogP contribution in [0.5, 0.6) is 0 Å². The number of anilines is 1. The van der Waals surface area contributed by atoms with Crippen molar-refractivity contribution in [1.82, 2.24) is 9.29 Å². The molecule has 136 valence electrons. The Balaban J connectivity index is 2.49. The summed E-state index contributed by atoms with van der Waals surface area (Å²) in [5.41, 5.74) is 0.660. The van der Waals surface area contributed by atoms with E-state index in [0.29, 0.717) is 5.56 Å². The Bertz CT molecular complexity index is 1020. The molecule has 0 unspecified atom stereocenters. The summed E-state index contributed by atoms with van der Waals surface area (Å²) in [4.78, 5) is 3.39. The lowest BCUT2D eigenvalue weighted by Gasteiger charge is -2.15. The maximum absolute atomic E-state index is 12.5. The lowest BCUT2D eigenvalue weighted by molar-refractivity contribution is 0.520. The third kappa shape index (κ3) is 4.24. The highest BCUT2D eigenvalue weighted by Gasteiger charge is 2.23. The Morgan fingerprint density at radius 3 is 2.24 bits per heavy atom. The summed E-state index contributed by atoms with van der Waals surface area (Å²) in [7, 11) is -5.01. The summed E-state index contributed by atoms with van der Waals surface area (Å²) in [6.45, 7) is 1.64. The van der Waals surface area contributed by atoms with Crippen molar-refractivity contribution in [2.45, 2.75) is 16.7 Å². The molecule has 7 nitrogen and oxygen atoms in total. The minimum absolute atomic E-state index is 0.0406. The van der Waals surface area contributed by atoms with Gasteiger partial charge in [-0.3, -0.25) is 4.72 Å². The molecule has 0 fully saturated rings. The molecule has 0 atom stereocenters. The molecule has 2 rings (SSSR count). The van der Waals surface area contributed by atoms with E-state index in [4.69, 9.17) is 23.2 Å². The van der Waals surface area contributed by atoms with E-state index in [1.807, 2.05) is 0 Å². The van der Waals surface area contributed by atoms with Crippen molar-refractivity contribution in [1.29, 1.82) is 0 Å². The maximum Gasteiger partial charge on any atom is 0.264 e. The van der Waals surface area contributed by atoms with Crippen LogP contribution in [0.1, 0.15) is 5.56 Å². The number of nitrogens with zero attached hydrogens (tertiary/aromatic N) is 2. The van der Waals surface area contributed by atoms with E-state index in [9.17, 15) is 16.8 Å². The maximum atomic E-state index is 12.5. The molecule has 0 radical (unpaired) electrons. The summed E-state index contributed by atoms with van der Waals surface area (Å²) in [5, 5.41) is -0.228. The highest BCUT2D eigenvalue weighted by Crippen LogP contribution is 2.27. The summed E-state index contributed by atoms with van der Waals surface area (Å²) in [5.74, 6) is 0. The van der Waals surface area contributed by atoms with Crippen molar-refractivity contribution >= 4 is 48.9 Å². The van der Waals surface area contributed by atoms with Crippen molar-refractivity contribution in [3.8, 4) is 0 Å². The second-order valence-electron chi connectivity index (χ2n) is 5.29. The number of hydrogen-bond acceptors (Lipinski definition) is 5. The molecule has 25 heavy (non-hydrogen) atoms. The van der Waals surface area contributed by atoms with Crippen LogP contribution in [0.2, 0.25) is 10.3 Å². The van der Waals surface area contributed by atoms with Crippen LogP contribution in [-0.4, -0.2) is 40.2 Å². The Labute approximate surface area is 156 Å². The van der Waals surface area contributed by atoms with Crippen LogP contribution in [0.25, 0.3) is 0 Å². The largest absolute Gasteiger partial charge is 0.279 e. The molecular weight excluding hydrogens is 409 g/mol. The molecule has 0 amide bonds. The molecule has 0 aliphatic heterocycles. The molecular formula is C14H15Cl2N3O4S2. The van der Waals surface area contributed by atoms with Crippen LogP contribution < -0.4 is 4.72 Å². The van der Waals surface area contributed by atoms with E-state index in [2.05, 4.69) is 9.71 Å². The molecule has 0 saturated carbocycles. The first-order valence-corrected chi connectivity index (χ1v) is 10.5. The number of halogens is 2. The van der Waals surface area contributed by atoms with Crippen LogP contribution in [0.3, 0.4) is 0 Å². The lowest BCUT2D eigenvalue weighted by atomic mass is 10.2. The van der Waals surface area contributed by atoms with E-state index in [1.165, 1.54) is 44.4 Å². The molecule has 0 bridgehead atoms. The standard InChI is InChI=1S/C14H15Cl2N3O4S2/c1-9-4-5-10(25(22,23)19(2)3)8-11(9)18-24(20,21)12-6-7-13(15)17-14(12)16/h4-8,18H,1-3H3. The zero-order valence-corrected chi connectivity index (χ0v) is 16.6. The molecule has 1 aromatic carbocycles. The van der Waals surface area contributed by atoms with E-state index in [1.54, 1.807) is 6.92 Å². The molecule has 1 N–H and O–H groups in total. The highest BCUT2D eigenvalue weighted by molar-refractivity contribution is 7.92. The number of sulfonamides is 2. The van der Waals surface area contributed by atoms with Gasteiger partial charge in [-0.05, 0) is 36.8 Å². The van der Waals surface area contributed by atoms with Crippen LogP contribution in [0.4, 0.5) is 5.69 Å². The van der Waals surface area contributed by atoms with Gasteiger partial charge in [-0.2, -0.15) is 0 Å². The van der Waals surface area contributed by atoms with E-state index in [0.717, 1.165) is 4.31 Å². The van der Waals surface area contributed by atoms with Crippen molar-refractivity contribution in [2.24, 2.45) is 0 Å². The van der Waals surface area contributed by atoms with Crippen LogP contribution in [0, 0.1) is 6.92 Å². The van der Waals surface area contributed by atoms with Crippen LogP contribution in [0.15, 0.2) is 40.1 Å². The molecule has 11 heteroatoms. The number of hydrogen-bond donors (Lipinski definition) is 1. The Hall–Kier alpha value is -1.39. The number of rotatable bonds is 5. The number of benzene rings is 1. The average molecular weight is 424 g/mol. The van der Waals surface area contributed by atoms with Gasteiger partial charge in [-0.25, -0.2) is 26.1 Å². The molecule has 1 aromatic heterocycles. The first-order chi connectivity index (χ1) is 11.4. The lowest BCUT2D eigenvalue weighted by Crippen LogP contribution is -2.22. The zero-order valence-electron chi connectivity index (χ0n) is 13.5. The minimum atomic E-state index is -4.08. The topological polar surface area (TPSA) is 96.4 Å². The first kappa shape index (κ1) is 19.9. The molecule has 2 aromatic rings. The van der Waals surface area contributed by atoms with Gasteiger partial charge in [-0.1, -0.05) is 29.3 Å². The number of aromatic nitrogens is 1. The number of nitrogens with one attached hydrogen (secondary N) is 1. The van der Waals surface area contributed by atoms with E-state index < -0.39 is 20.0 Å². The summed E-state index contributed by atoms with van der Waals surface area (Å²) >= 11 is 11.5. The van der Waals surface area contributed by atoms with Gasteiger partial charge in [-0.15, -0.1) is 0 Å².